The van der Waals surface area contributed by atoms with Crippen LogP contribution >= 0.6 is 23.1 Å². The minimum atomic E-state index is -3.76. The first-order chi connectivity index (χ1) is 14.9. The highest BCUT2D eigenvalue weighted by molar-refractivity contribution is 8.00. The van der Waals surface area contributed by atoms with E-state index in [1.165, 1.54) is 10.5 Å². The fourth-order valence-electron chi connectivity index (χ4n) is 3.68. The molecule has 0 saturated carbocycles. The molecular weight excluding hydrogens is 454 g/mol. The van der Waals surface area contributed by atoms with E-state index in [0.717, 1.165) is 21.1 Å². The van der Waals surface area contributed by atoms with E-state index in [0.29, 0.717) is 17.1 Å². The first-order valence-corrected chi connectivity index (χ1v) is 12.7. The number of fused-ring (bicyclic) bond motifs is 2. The van der Waals surface area contributed by atoms with Gasteiger partial charge in [-0.3, -0.25) is 23.8 Å². The second-order valence-corrected chi connectivity index (χ2v) is 12.0. The minimum absolute atomic E-state index is 0.0110. The van der Waals surface area contributed by atoms with Gasteiger partial charge in [0.25, 0.3) is 21.8 Å². The second kappa shape index (κ2) is 7.47. The molecule has 0 saturated heterocycles. The van der Waals surface area contributed by atoms with Crippen LogP contribution in [0.4, 0.5) is 5.69 Å². The average molecular weight is 472 g/mol. The molecule has 2 aliphatic rings. The number of amides is 2. The molecule has 2 aliphatic heterocycles. The smallest absolute Gasteiger partial charge is 0.268 e. The van der Waals surface area contributed by atoms with Crippen LogP contribution in [0.15, 0.2) is 63.8 Å². The van der Waals surface area contributed by atoms with Crippen molar-refractivity contribution in [3.05, 3.63) is 70.9 Å². The number of benzene rings is 1. The number of nitrogens with zero attached hydrogens (tertiary/aromatic N) is 3. The molecule has 0 N–H and O–H groups in total. The number of aromatic nitrogens is 1. The molecule has 0 aliphatic carbocycles. The molecule has 0 unspecified atom stereocenters. The van der Waals surface area contributed by atoms with E-state index in [2.05, 4.69) is 4.98 Å². The highest BCUT2D eigenvalue weighted by Gasteiger charge is 2.37. The summed E-state index contributed by atoms with van der Waals surface area (Å²) < 4.78 is 28.5. The number of imide groups is 1. The van der Waals surface area contributed by atoms with Crippen molar-refractivity contribution in [1.82, 2.24) is 9.88 Å². The summed E-state index contributed by atoms with van der Waals surface area (Å²) in [5.41, 5.74) is 1.08. The number of sulfonamides is 1. The van der Waals surface area contributed by atoms with Crippen LogP contribution in [-0.4, -0.2) is 41.9 Å². The van der Waals surface area contributed by atoms with Gasteiger partial charge in [0.15, 0.2) is 0 Å². The van der Waals surface area contributed by atoms with Crippen molar-refractivity contribution in [1.29, 1.82) is 0 Å². The largest absolute Gasteiger partial charge is 0.280 e. The summed E-state index contributed by atoms with van der Waals surface area (Å²) in [6.07, 6.45) is 1.47. The standard InChI is InChI=1S/C21H17N3O4S3/c1-13-11-24(16-6-2-3-7-17(16)29-13)31(27,28)18-9-8-14(30-18)12-23-20(25)15-5-4-10-22-19(15)21(23)26/h2-10,13H,11-12H2,1H3/t13-/m0/s1. The van der Waals surface area contributed by atoms with Crippen molar-refractivity contribution in [2.45, 2.75) is 27.8 Å². The van der Waals surface area contributed by atoms with Crippen LogP contribution in [-0.2, 0) is 16.6 Å². The van der Waals surface area contributed by atoms with Gasteiger partial charge in [0.05, 0.1) is 17.8 Å². The maximum atomic E-state index is 13.4. The second-order valence-electron chi connectivity index (χ2n) is 7.25. The molecule has 0 bridgehead atoms. The van der Waals surface area contributed by atoms with Crippen molar-refractivity contribution in [2.24, 2.45) is 0 Å². The lowest BCUT2D eigenvalue weighted by atomic mass is 10.2. The van der Waals surface area contributed by atoms with Crippen LogP contribution < -0.4 is 4.31 Å². The monoisotopic (exact) mass is 471 g/mol. The number of pyridine rings is 1. The predicted octanol–water partition coefficient (Wildman–Crippen LogP) is 3.63. The maximum absolute atomic E-state index is 13.4. The van der Waals surface area contributed by atoms with Crippen LogP contribution in [0.25, 0.3) is 0 Å². The van der Waals surface area contributed by atoms with Gasteiger partial charge in [0, 0.05) is 27.8 Å². The summed E-state index contributed by atoms with van der Waals surface area (Å²) in [5.74, 6) is -0.879. The Morgan fingerprint density at radius 1 is 1.06 bits per heavy atom. The minimum Gasteiger partial charge on any atom is -0.268 e. The number of thioether (sulfide) groups is 1. The van der Waals surface area contributed by atoms with E-state index in [4.69, 9.17) is 0 Å². The Balaban J connectivity index is 1.43. The summed E-state index contributed by atoms with van der Waals surface area (Å²) in [6.45, 7) is 2.39. The van der Waals surface area contributed by atoms with Gasteiger partial charge in [-0.25, -0.2) is 8.42 Å². The van der Waals surface area contributed by atoms with Gasteiger partial charge < -0.3 is 0 Å². The van der Waals surface area contributed by atoms with Crippen LogP contribution in [0, 0.1) is 0 Å². The van der Waals surface area contributed by atoms with Crippen LogP contribution in [0.5, 0.6) is 0 Å². The Labute approximate surface area is 187 Å². The Kier molecular flexibility index (Phi) is 4.87. The molecule has 10 heteroatoms. The van der Waals surface area contributed by atoms with Crippen LogP contribution in [0.1, 0.15) is 32.6 Å². The molecule has 4 heterocycles. The van der Waals surface area contributed by atoms with Crippen molar-refractivity contribution < 1.29 is 18.0 Å². The summed E-state index contributed by atoms with van der Waals surface area (Å²) >= 11 is 2.73. The highest BCUT2D eigenvalue weighted by atomic mass is 32.2. The third kappa shape index (κ3) is 3.35. The molecular formula is C21H17N3O4S3. The van der Waals surface area contributed by atoms with E-state index in [1.54, 1.807) is 36.0 Å². The number of thiophene rings is 1. The Morgan fingerprint density at radius 2 is 1.87 bits per heavy atom. The van der Waals surface area contributed by atoms with E-state index >= 15 is 0 Å². The Morgan fingerprint density at radius 3 is 2.68 bits per heavy atom. The normalized spacial score (nSPS) is 18.3. The van der Waals surface area contributed by atoms with Crippen LogP contribution in [0.3, 0.4) is 0 Å². The van der Waals surface area contributed by atoms with Crippen LogP contribution in [0.2, 0.25) is 0 Å². The molecule has 7 nitrogen and oxygen atoms in total. The zero-order valence-corrected chi connectivity index (χ0v) is 18.8. The number of hydrogen-bond donors (Lipinski definition) is 0. The van der Waals surface area contributed by atoms with E-state index in [9.17, 15) is 18.0 Å². The first-order valence-electron chi connectivity index (χ1n) is 9.54. The third-order valence-corrected chi connectivity index (χ3v) is 9.58. The number of anilines is 1. The topological polar surface area (TPSA) is 87.7 Å². The lowest BCUT2D eigenvalue weighted by molar-refractivity contribution is 0.0642. The van der Waals surface area contributed by atoms with E-state index in [1.807, 2.05) is 31.2 Å². The molecule has 1 aromatic carbocycles. The molecule has 0 radical (unpaired) electrons. The van der Waals surface area contributed by atoms with E-state index < -0.39 is 21.8 Å². The molecule has 2 aromatic heterocycles. The van der Waals surface area contributed by atoms with Gasteiger partial charge in [0.1, 0.15) is 9.90 Å². The number of rotatable bonds is 4. The van der Waals surface area contributed by atoms with Gasteiger partial charge >= 0.3 is 0 Å². The fraction of sp³-hybridized carbons (Fsp3) is 0.190. The Hall–Kier alpha value is -2.69. The molecule has 31 heavy (non-hydrogen) atoms. The SMILES string of the molecule is C[C@H]1CN(S(=O)(=O)c2ccc(CN3C(=O)c4cccnc4C3=O)s2)c2ccccc2S1. The summed E-state index contributed by atoms with van der Waals surface area (Å²) in [6, 6.07) is 13.8. The van der Waals surface area contributed by atoms with Crippen molar-refractivity contribution in [3.63, 3.8) is 0 Å². The molecule has 0 fully saturated rings. The summed E-state index contributed by atoms with van der Waals surface area (Å²) in [5, 5.41) is 0.120. The first kappa shape index (κ1) is 20.2. The molecule has 1 atom stereocenters. The van der Waals surface area contributed by atoms with Gasteiger partial charge in [-0.15, -0.1) is 23.1 Å². The molecule has 5 rings (SSSR count). The van der Waals surface area contributed by atoms with Crippen molar-refractivity contribution in [2.75, 3.05) is 10.8 Å². The lowest BCUT2D eigenvalue weighted by Gasteiger charge is -2.32. The average Bonchev–Trinajstić information content (AvgIpc) is 3.33. The van der Waals surface area contributed by atoms with Gasteiger partial charge in [-0.2, -0.15) is 0 Å². The number of carbonyl (C=O) groups excluding carboxylic acids is 2. The zero-order chi connectivity index (χ0) is 21.8. The number of para-hydroxylation sites is 1. The fourth-order valence-corrected chi connectivity index (χ4v) is 7.98. The van der Waals surface area contributed by atoms with Gasteiger partial charge in [-0.05, 0) is 36.4 Å². The number of carbonyl (C=O) groups is 2. The predicted molar refractivity (Wildman–Crippen MR) is 119 cm³/mol. The summed E-state index contributed by atoms with van der Waals surface area (Å²) in [4.78, 5) is 31.8. The summed E-state index contributed by atoms with van der Waals surface area (Å²) in [7, 11) is -3.76. The molecule has 0 spiro atoms. The lowest BCUT2D eigenvalue weighted by Crippen LogP contribution is -2.38. The van der Waals surface area contributed by atoms with Gasteiger partial charge in [0.2, 0.25) is 0 Å². The number of hydrogen-bond acceptors (Lipinski definition) is 7. The molecule has 3 aromatic rings. The quantitative estimate of drug-likeness (QED) is 0.540. The molecule has 158 valence electrons. The Bertz CT molecular complexity index is 1280. The van der Waals surface area contributed by atoms with E-state index in [-0.39, 0.29) is 27.3 Å². The highest BCUT2D eigenvalue weighted by Crippen LogP contribution is 2.41. The maximum Gasteiger partial charge on any atom is 0.280 e. The zero-order valence-electron chi connectivity index (χ0n) is 16.4. The third-order valence-electron chi connectivity index (χ3n) is 5.11. The van der Waals surface area contributed by atoms with Crippen molar-refractivity contribution in [3.8, 4) is 0 Å². The van der Waals surface area contributed by atoms with Crippen molar-refractivity contribution >= 4 is 50.6 Å². The molecule has 2 amide bonds. The van der Waals surface area contributed by atoms with Gasteiger partial charge in [-0.1, -0.05) is 19.1 Å².